The second kappa shape index (κ2) is 3.96. The van der Waals surface area contributed by atoms with Crippen molar-refractivity contribution in [2.75, 3.05) is 19.8 Å². The first-order valence-electron chi connectivity index (χ1n) is 3.89. The third-order valence-corrected chi connectivity index (χ3v) is 2.34. The molecule has 0 atom stereocenters. The van der Waals surface area contributed by atoms with Gasteiger partial charge in [-0.25, -0.2) is 4.39 Å². The van der Waals surface area contributed by atoms with Crippen molar-refractivity contribution >= 4 is 27.5 Å². The van der Waals surface area contributed by atoms with Crippen molar-refractivity contribution in [3.63, 3.8) is 0 Å². The Labute approximate surface area is 89.8 Å². The molecule has 0 aliphatic heterocycles. The van der Waals surface area contributed by atoms with E-state index in [1.807, 2.05) is 0 Å². The van der Waals surface area contributed by atoms with Crippen LogP contribution in [0.25, 0.3) is 0 Å². The summed E-state index contributed by atoms with van der Waals surface area (Å²) < 4.78 is 13.4. The number of anilines is 1. The van der Waals surface area contributed by atoms with Gasteiger partial charge in [0.05, 0.1) is 10.0 Å². The van der Waals surface area contributed by atoms with Crippen LogP contribution in [0.3, 0.4) is 0 Å². The van der Waals surface area contributed by atoms with Crippen molar-refractivity contribution in [2.45, 2.75) is 0 Å². The second-order valence-electron chi connectivity index (χ2n) is 3.05. The summed E-state index contributed by atoms with van der Waals surface area (Å²) in [4.78, 5) is 12.8. The molecule has 0 saturated heterocycles. The molecule has 0 fully saturated rings. The predicted molar refractivity (Wildman–Crippen MR) is 56.5 cm³/mol. The molecule has 0 heterocycles. The smallest absolute Gasteiger partial charge is 0.255 e. The number of carbonyl (C=O) groups excluding carboxylic acids is 1. The molecule has 5 heteroatoms. The van der Waals surface area contributed by atoms with Crippen molar-refractivity contribution in [1.29, 1.82) is 0 Å². The number of rotatable bonds is 1. The molecular weight excluding hydrogens is 251 g/mol. The Morgan fingerprint density at radius 3 is 2.57 bits per heavy atom. The van der Waals surface area contributed by atoms with Gasteiger partial charge in [-0.1, -0.05) is 0 Å². The summed E-state index contributed by atoms with van der Waals surface area (Å²) >= 11 is 2.99. The maximum absolute atomic E-state index is 13.1. The van der Waals surface area contributed by atoms with Crippen LogP contribution in [-0.2, 0) is 0 Å². The van der Waals surface area contributed by atoms with Crippen LogP contribution in [0.15, 0.2) is 16.6 Å². The van der Waals surface area contributed by atoms with Crippen molar-refractivity contribution in [3.05, 3.63) is 28.0 Å². The van der Waals surface area contributed by atoms with Gasteiger partial charge >= 0.3 is 0 Å². The molecule has 1 amide bonds. The van der Waals surface area contributed by atoms with Crippen LogP contribution in [0.5, 0.6) is 0 Å². The van der Waals surface area contributed by atoms with Crippen LogP contribution in [0.2, 0.25) is 0 Å². The van der Waals surface area contributed by atoms with Crippen molar-refractivity contribution < 1.29 is 9.18 Å². The van der Waals surface area contributed by atoms with E-state index in [4.69, 9.17) is 5.73 Å². The highest BCUT2D eigenvalue weighted by molar-refractivity contribution is 9.10. The van der Waals surface area contributed by atoms with E-state index in [-0.39, 0.29) is 21.6 Å². The first-order chi connectivity index (χ1) is 6.43. The van der Waals surface area contributed by atoms with E-state index in [2.05, 4.69) is 15.9 Å². The molecule has 0 aromatic heterocycles. The molecule has 0 saturated carbocycles. The number of amides is 1. The second-order valence-corrected chi connectivity index (χ2v) is 3.91. The Kier molecular flexibility index (Phi) is 3.10. The summed E-state index contributed by atoms with van der Waals surface area (Å²) in [7, 11) is 3.17. The van der Waals surface area contributed by atoms with E-state index in [9.17, 15) is 9.18 Å². The molecule has 0 unspecified atom stereocenters. The van der Waals surface area contributed by atoms with Gasteiger partial charge in [0.2, 0.25) is 0 Å². The molecule has 1 aromatic carbocycles. The largest absolute Gasteiger partial charge is 0.398 e. The SMILES string of the molecule is CN(C)C(=O)c1cc(F)c(Br)cc1N. The highest BCUT2D eigenvalue weighted by atomic mass is 79.9. The van der Waals surface area contributed by atoms with Crippen LogP contribution >= 0.6 is 15.9 Å². The molecule has 1 rings (SSSR count). The quantitative estimate of drug-likeness (QED) is 0.784. The number of nitrogen functional groups attached to an aromatic ring is 1. The third kappa shape index (κ3) is 2.04. The number of halogens is 2. The molecular formula is C9H10BrFN2O. The monoisotopic (exact) mass is 260 g/mol. The van der Waals surface area contributed by atoms with Gasteiger partial charge in [0.15, 0.2) is 0 Å². The average molecular weight is 261 g/mol. The zero-order valence-corrected chi connectivity index (χ0v) is 9.43. The Morgan fingerprint density at radius 1 is 1.50 bits per heavy atom. The Bertz CT molecular complexity index is 379. The zero-order valence-electron chi connectivity index (χ0n) is 7.84. The van der Waals surface area contributed by atoms with Crippen molar-refractivity contribution in [3.8, 4) is 0 Å². The maximum Gasteiger partial charge on any atom is 0.255 e. The molecule has 2 N–H and O–H groups in total. The molecule has 3 nitrogen and oxygen atoms in total. The van der Waals surface area contributed by atoms with Gasteiger partial charge in [-0.3, -0.25) is 4.79 Å². The number of hydrogen-bond acceptors (Lipinski definition) is 2. The number of benzene rings is 1. The molecule has 0 radical (unpaired) electrons. The van der Waals surface area contributed by atoms with Gasteiger partial charge in [-0.15, -0.1) is 0 Å². The molecule has 0 bridgehead atoms. The van der Waals surface area contributed by atoms with Crippen LogP contribution in [0, 0.1) is 5.82 Å². The summed E-state index contributed by atoms with van der Waals surface area (Å²) in [6.45, 7) is 0. The number of carbonyl (C=O) groups is 1. The fourth-order valence-electron chi connectivity index (χ4n) is 0.988. The zero-order chi connectivity index (χ0) is 10.9. The minimum atomic E-state index is -0.496. The van der Waals surface area contributed by atoms with E-state index in [1.165, 1.54) is 11.0 Å². The van der Waals surface area contributed by atoms with E-state index in [1.54, 1.807) is 14.1 Å². The first kappa shape index (κ1) is 11.0. The van der Waals surface area contributed by atoms with E-state index < -0.39 is 5.82 Å². The number of nitrogens with zero attached hydrogens (tertiary/aromatic N) is 1. The van der Waals surface area contributed by atoms with E-state index in [0.717, 1.165) is 6.07 Å². The fraction of sp³-hybridized carbons (Fsp3) is 0.222. The lowest BCUT2D eigenvalue weighted by Crippen LogP contribution is -2.23. The summed E-state index contributed by atoms with van der Waals surface area (Å²) in [6, 6.07) is 2.51. The highest BCUT2D eigenvalue weighted by Gasteiger charge is 2.14. The van der Waals surface area contributed by atoms with Crippen LogP contribution in [-0.4, -0.2) is 24.9 Å². The normalized spacial score (nSPS) is 10.0. The first-order valence-corrected chi connectivity index (χ1v) is 4.69. The third-order valence-electron chi connectivity index (χ3n) is 1.73. The van der Waals surface area contributed by atoms with E-state index in [0.29, 0.717) is 0 Å². The molecule has 0 aliphatic carbocycles. The number of hydrogen-bond donors (Lipinski definition) is 1. The summed E-state index contributed by atoms with van der Waals surface area (Å²) in [5.74, 6) is -0.807. The van der Waals surface area contributed by atoms with E-state index >= 15 is 0 Å². The minimum Gasteiger partial charge on any atom is -0.398 e. The van der Waals surface area contributed by atoms with Crippen LogP contribution in [0.4, 0.5) is 10.1 Å². The lowest BCUT2D eigenvalue weighted by atomic mass is 10.1. The van der Waals surface area contributed by atoms with Gasteiger partial charge in [-0.2, -0.15) is 0 Å². The average Bonchev–Trinajstić information content (AvgIpc) is 2.10. The predicted octanol–water partition coefficient (Wildman–Crippen LogP) is 1.87. The standard InChI is InChI=1S/C9H10BrFN2O/c1-13(2)9(14)5-3-7(11)6(10)4-8(5)12/h3-4H,12H2,1-2H3. The Hall–Kier alpha value is -1.10. The maximum atomic E-state index is 13.1. The molecule has 76 valence electrons. The van der Waals surface area contributed by atoms with Gasteiger partial charge < -0.3 is 10.6 Å². The highest BCUT2D eigenvalue weighted by Crippen LogP contribution is 2.23. The lowest BCUT2D eigenvalue weighted by Gasteiger charge is -2.12. The van der Waals surface area contributed by atoms with Gasteiger partial charge in [0, 0.05) is 19.8 Å². The van der Waals surface area contributed by atoms with Crippen molar-refractivity contribution in [2.24, 2.45) is 0 Å². The lowest BCUT2D eigenvalue weighted by molar-refractivity contribution is 0.0828. The van der Waals surface area contributed by atoms with Gasteiger partial charge in [0.25, 0.3) is 5.91 Å². The summed E-state index contributed by atoms with van der Waals surface area (Å²) in [5.41, 5.74) is 6.02. The summed E-state index contributed by atoms with van der Waals surface area (Å²) in [6.07, 6.45) is 0. The Morgan fingerprint density at radius 2 is 2.07 bits per heavy atom. The Balaban J connectivity index is 3.22. The van der Waals surface area contributed by atoms with Gasteiger partial charge in [0.1, 0.15) is 5.82 Å². The molecule has 0 aliphatic rings. The fourth-order valence-corrected chi connectivity index (χ4v) is 1.35. The topological polar surface area (TPSA) is 46.3 Å². The molecule has 14 heavy (non-hydrogen) atoms. The molecule has 0 spiro atoms. The number of nitrogens with two attached hydrogens (primary N) is 1. The van der Waals surface area contributed by atoms with Crippen LogP contribution < -0.4 is 5.73 Å². The van der Waals surface area contributed by atoms with Crippen LogP contribution in [0.1, 0.15) is 10.4 Å². The van der Waals surface area contributed by atoms with Crippen molar-refractivity contribution in [1.82, 2.24) is 4.90 Å². The van der Waals surface area contributed by atoms with Gasteiger partial charge in [-0.05, 0) is 28.1 Å². The summed E-state index contributed by atoms with van der Waals surface area (Å²) in [5, 5.41) is 0. The molecule has 1 aromatic rings. The minimum absolute atomic E-state index is 0.177.